The van der Waals surface area contributed by atoms with Crippen molar-refractivity contribution in [3.63, 3.8) is 0 Å². The number of nitrogens with zero attached hydrogens (tertiary/aromatic N) is 2. The average molecular weight is 168 g/mol. The summed E-state index contributed by atoms with van der Waals surface area (Å²) in [7, 11) is 0. The molecule has 1 heterocycles. The predicted molar refractivity (Wildman–Crippen MR) is 47.8 cm³/mol. The third kappa shape index (κ3) is 1.72. The molecule has 1 rings (SSSR count). The van der Waals surface area contributed by atoms with Gasteiger partial charge in [-0.25, -0.2) is 4.39 Å². The Balaban J connectivity index is 2.92. The monoisotopic (exact) mass is 168 g/mol. The van der Waals surface area contributed by atoms with Crippen LogP contribution in [-0.4, -0.2) is 18.1 Å². The first-order chi connectivity index (χ1) is 5.79. The molecule has 3 heteroatoms. The van der Waals surface area contributed by atoms with E-state index in [-0.39, 0.29) is 5.82 Å². The molecule has 1 aromatic heterocycles. The van der Waals surface area contributed by atoms with Gasteiger partial charge < -0.3 is 4.90 Å². The Bertz CT molecular complexity index is 246. The van der Waals surface area contributed by atoms with Crippen molar-refractivity contribution in [2.75, 3.05) is 18.0 Å². The number of hydrogen-bond acceptors (Lipinski definition) is 2. The normalized spacial score (nSPS) is 9.92. The van der Waals surface area contributed by atoms with Gasteiger partial charge in [0.2, 0.25) is 0 Å². The van der Waals surface area contributed by atoms with Gasteiger partial charge in [-0.2, -0.15) is 0 Å². The lowest BCUT2D eigenvalue weighted by Crippen LogP contribution is -2.22. The summed E-state index contributed by atoms with van der Waals surface area (Å²) in [6.07, 6.45) is 2.85. The van der Waals surface area contributed by atoms with Crippen LogP contribution in [0.2, 0.25) is 0 Å². The van der Waals surface area contributed by atoms with Crippen LogP contribution in [0.4, 0.5) is 10.1 Å². The molecule has 0 bridgehead atoms. The van der Waals surface area contributed by atoms with Gasteiger partial charge in [-0.05, 0) is 19.9 Å². The molecule has 0 aliphatic rings. The molecule has 0 fully saturated rings. The van der Waals surface area contributed by atoms with E-state index in [4.69, 9.17) is 0 Å². The van der Waals surface area contributed by atoms with Gasteiger partial charge >= 0.3 is 0 Å². The van der Waals surface area contributed by atoms with Crippen LogP contribution in [0.1, 0.15) is 13.8 Å². The average Bonchev–Trinajstić information content (AvgIpc) is 2.10. The van der Waals surface area contributed by atoms with Crippen molar-refractivity contribution in [2.24, 2.45) is 0 Å². The van der Waals surface area contributed by atoms with E-state index in [9.17, 15) is 4.39 Å². The van der Waals surface area contributed by atoms with Crippen molar-refractivity contribution in [3.05, 3.63) is 24.3 Å². The number of rotatable bonds is 3. The van der Waals surface area contributed by atoms with E-state index in [2.05, 4.69) is 4.98 Å². The second-order valence-corrected chi connectivity index (χ2v) is 2.50. The maximum atomic E-state index is 13.1. The molecular formula is C9H13FN2. The van der Waals surface area contributed by atoms with Gasteiger partial charge in [0, 0.05) is 19.3 Å². The van der Waals surface area contributed by atoms with E-state index < -0.39 is 0 Å². The Labute approximate surface area is 72.0 Å². The van der Waals surface area contributed by atoms with Crippen LogP contribution < -0.4 is 4.90 Å². The molecule has 0 N–H and O–H groups in total. The molecule has 0 radical (unpaired) electrons. The molecule has 0 saturated heterocycles. The van der Waals surface area contributed by atoms with Crippen LogP contribution in [0, 0.1) is 5.82 Å². The molecule has 0 aliphatic carbocycles. The highest BCUT2D eigenvalue weighted by Crippen LogP contribution is 2.16. The molecule has 1 aromatic rings. The minimum Gasteiger partial charge on any atom is -0.370 e. The molecule has 2 nitrogen and oxygen atoms in total. The molecule has 0 unspecified atom stereocenters. The van der Waals surface area contributed by atoms with Crippen LogP contribution in [0.25, 0.3) is 0 Å². The maximum Gasteiger partial charge on any atom is 0.164 e. The quantitative estimate of drug-likeness (QED) is 0.686. The Morgan fingerprint density at radius 1 is 1.42 bits per heavy atom. The number of anilines is 1. The summed E-state index contributed by atoms with van der Waals surface area (Å²) in [5.41, 5.74) is 0.634. The van der Waals surface area contributed by atoms with E-state index in [1.807, 2.05) is 18.7 Å². The second kappa shape index (κ2) is 4.04. The lowest BCUT2D eigenvalue weighted by Gasteiger charge is -2.20. The fourth-order valence-corrected chi connectivity index (χ4v) is 1.19. The molecule has 0 aliphatic heterocycles. The zero-order chi connectivity index (χ0) is 8.97. The van der Waals surface area contributed by atoms with E-state index in [1.54, 1.807) is 12.3 Å². The highest BCUT2D eigenvalue weighted by atomic mass is 19.1. The standard InChI is InChI=1S/C9H13FN2/c1-3-12(4-2)9-5-6-11-7-8(9)10/h5-7H,3-4H2,1-2H3. The van der Waals surface area contributed by atoms with Gasteiger partial charge in [0.05, 0.1) is 11.9 Å². The molecule has 0 saturated carbocycles. The van der Waals surface area contributed by atoms with Crippen LogP contribution in [0.5, 0.6) is 0 Å². The fraction of sp³-hybridized carbons (Fsp3) is 0.444. The predicted octanol–water partition coefficient (Wildman–Crippen LogP) is 2.07. The van der Waals surface area contributed by atoms with Crippen molar-refractivity contribution in [1.29, 1.82) is 0 Å². The van der Waals surface area contributed by atoms with Gasteiger partial charge in [-0.1, -0.05) is 0 Å². The summed E-state index contributed by atoms with van der Waals surface area (Å²) < 4.78 is 13.1. The summed E-state index contributed by atoms with van der Waals surface area (Å²) in [4.78, 5) is 5.65. The summed E-state index contributed by atoms with van der Waals surface area (Å²) in [5.74, 6) is -0.249. The number of aromatic nitrogens is 1. The topological polar surface area (TPSA) is 16.1 Å². The Hall–Kier alpha value is -1.12. The molecule has 66 valence electrons. The first-order valence-electron chi connectivity index (χ1n) is 4.14. The Morgan fingerprint density at radius 2 is 2.08 bits per heavy atom. The van der Waals surface area contributed by atoms with Crippen molar-refractivity contribution < 1.29 is 4.39 Å². The summed E-state index contributed by atoms with van der Waals surface area (Å²) in [6.45, 7) is 5.64. The van der Waals surface area contributed by atoms with E-state index in [1.165, 1.54) is 6.20 Å². The zero-order valence-electron chi connectivity index (χ0n) is 7.42. The third-order valence-corrected chi connectivity index (χ3v) is 1.86. The van der Waals surface area contributed by atoms with E-state index in [0.717, 1.165) is 13.1 Å². The molecule has 0 aromatic carbocycles. The number of hydrogen-bond donors (Lipinski definition) is 0. The molecule has 0 spiro atoms. The minimum absolute atomic E-state index is 0.249. The highest BCUT2D eigenvalue weighted by molar-refractivity contribution is 5.45. The first kappa shape index (κ1) is 8.97. The molecule has 0 amide bonds. The summed E-state index contributed by atoms with van der Waals surface area (Å²) in [5, 5.41) is 0. The third-order valence-electron chi connectivity index (χ3n) is 1.86. The van der Waals surface area contributed by atoms with Gasteiger partial charge in [-0.15, -0.1) is 0 Å². The minimum atomic E-state index is -0.249. The lowest BCUT2D eigenvalue weighted by atomic mass is 10.3. The van der Waals surface area contributed by atoms with Crippen molar-refractivity contribution in [3.8, 4) is 0 Å². The highest BCUT2D eigenvalue weighted by Gasteiger charge is 2.06. The van der Waals surface area contributed by atoms with Gasteiger partial charge in [0.25, 0.3) is 0 Å². The smallest absolute Gasteiger partial charge is 0.164 e. The van der Waals surface area contributed by atoms with Crippen molar-refractivity contribution in [1.82, 2.24) is 4.98 Å². The van der Waals surface area contributed by atoms with Crippen LogP contribution in [0.3, 0.4) is 0 Å². The van der Waals surface area contributed by atoms with Gasteiger partial charge in [0.1, 0.15) is 0 Å². The SMILES string of the molecule is CCN(CC)c1ccncc1F. The van der Waals surface area contributed by atoms with E-state index in [0.29, 0.717) is 5.69 Å². The first-order valence-corrected chi connectivity index (χ1v) is 4.14. The molecule has 12 heavy (non-hydrogen) atoms. The summed E-state index contributed by atoms with van der Waals surface area (Å²) >= 11 is 0. The number of pyridine rings is 1. The van der Waals surface area contributed by atoms with Gasteiger partial charge in [-0.3, -0.25) is 4.98 Å². The Kier molecular flexibility index (Phi) is 3.02. The fourth-order valence-electron chi connectivity index (χ4n) is 1.19. The largest absolute Gasteiger partial charge is 0.370 e. The van der Waals surface area contributed by atoms with E-state index >= 15 is 0 Å². The summed E-state index contributed by atoms with van der Waals surface area (Å²) in [6, 6.07) is 1.70. The van der Waals surface area contributed by atoms with Crippen molar-refractivity contribution in [2.45, 2.75) is 13.8 Å². The zero-order valence-corrected chi connectivity index (χ0v) is 7.42. The second-order valence-electron chi connectivity index (χ2n) is 2.50. The van der Waals surface area contributed by atoms with Crippen LogP contribution in [0.15, 0.2) is 18.5 Å². The van der Waals surface area contributed by atoms with Crippen molar-refractivity contribution >= 4 is 5.69 Å². The van der Waals surface area contributed by atoms with Gasteiger partial charge in [0.15, 0.2) is 5.82 Å². The van der Waals surface area contributed by atoms with Crippen LogP contribution >= 0.6 is 0 Å². The molecular weight excluding hydrogens is 155 g/mol. The number of halogens is 1. The van der Waals surface area contributed by atoms with Crippen LogP contribution in [-0.2, 0) is 0 Å². The maximum absolute atomic E-state index is 13.1. The molecule has 0 atom stereocenters. The Morgan fingerprint density at radius 3 is 2.58 bits per heavy atom. The lowest BCUT2D eigenvalue weighted by molar-refractivity contribution is 0.614.